The van der Waals surface area contributed by atoms with Crippen molar-refractivity contribution in [3.8, 4) is 11.4 Å². The van der Waals surface area contributed by atoms with Crippen LogP contribution in [0.15, 0.2) is 88.9 Å². The van der Waals surface area contributed by atoms with Crippen LogP contribution in [0, 0.1) is 0 Å². The summed E-state index contributed by atoms with van der Waals surface area (Å²) in [6.07, 6.45) is 5.08. The Morgan fingerprint density at radius 3 is 2.53 bits per heavy atom. The van der Waals surface area contributed by atoms with Gasteiger partial charge in [0, 0.05) is 30.2 Å². The number of imidazole rings is 1. The predicted molar refractivity (Wildman–Crippen MR) is 129 cm³/mol. The predicted octanol–water partition coefficient (Wildman–Crippen LogP) is 3.81. The molecule has 34 heavy (non-hydrogen) atoms. The molecule has 0 radical (unpaired) electrons. The zero-order valence-electron chi connectivity index (χ0n) is 18.6. The van der Waals surface area contributed by atoms with Gasteiger partial charge in [0.15, 0.2) is 5.16 Å². The van der Waals surface area contributed by atoms with Crippen molar-refractivity contribution in [2.75, 3.05) is 12.9 Å². The first kappa shape index (κ1) is 23.2. The minimum Gasteiger partial charge on any atom is -0.497 e. The number of carbonyl (C=O) groups excluding carboxylic acids is 2. The first-order valence-corrected chi connectivity index (χ1v) is 11.6. The molecule has 4 aromatic rings. The summed E-state index contributed by atoms with van der Waals surface area (Å²) in [6, 6.07) is 18.3. The van der Waals surface area contributed by atoms with Crippen molar-refractivity contribution in [1.82, 2.24) is 20.2 Å². The van der Waals surface area contributed by atoms with Crippen LogP contribution >= 0.6 is 11.8 Å². The lowest BCUT2D eigenvalue weighted by atomic mass is 10.2. The number of methoxy groups -OCH3 is 1. The number of aromatic nitrogens is 2. The van der Waals surface area contributed by atoms with E-state index in [0.717, 1.165) is 17.0 Å². The Bertz CT molecular complexity index is 1220. The zero-order chi connectivity index (χ0) is 23.8. The van der Waals surface area contributed by atoms with Crippen molar-refractivity contribution in [1.29, 1.82) is 0 Å². The Labute approximate surface area is 201 Å². The normalized spacial score (nSPS) is 10.6. The molecule has 0 atom stereocenters. The second kappa shape index (κ2) is 11.2. The minimum absolute atomic E-state index is 0.0843. The fourth-order valence-electron chi connectivity index (χ4n) is 3.17. The molecule has 0 saturated carbocycles. The van der Waals surface area contributed by atoms with Crippen LogP contribution in [-0.4, -0.2) is 34.2 Å². The molecule has 0 fully saturated rings. The quantitative estimate of drug-likeness (QED) is 0.338. The van der Waals surface area contributed by atoms with Gasteiger partial charge in [0.2, 0.25) is 5.91 Å². The monoisotopic (exact) mass is 476 g/mol. The summed E-state index contributed by atoms with van der Waals surface area (Å²) >= 11 is 1.35. The summed E-state index contributed by atoms with van der Waals surface area (Å²) in [6.45, 7) is 0.775. The van der Waals surface area contributed by atoms with E-state index in [1.165, 1.54) is 11.8 Å². The van der Waals surface area contributed by atoms with Crippen LogP contribution < -0.4 is 15.4 Å². The molecular weight excluding hydrogens is 452 g/mol. The van der Waals surface area contributed by atoms with Crippen LogP contribution in [0.1, 0.15) is 21.7 Å². The highest BCUT2D eigenvalue weighted by molar-refractivity contribution is 7.99. The van der Waals surface area contributed by atoms with E-state index in [-0.39, 0.29) is 17.6 Å². The largest absolute Gasteiger partial charge is 0.497 e. The number of ether oxygens (including phenoxy) is 1. The number of rotatable bonds is 10. The Morgan fingerprint density at radius 2 is 1.82 bits per heavy atom. The maximum Gasteiger partial charge on any atom is 0.251 e. The Kier molecular flexibility index (Phi) is 7.67. The number of amides is 2. The smallest absolute Gasteiger partial charge is 0.251 e. The topological polar surface area (TPSA) is 98.4 Å². The van der Waals surface area contributed by atoms with Crippen molar-refractivity contribution in [2.24, 2.45) is 0 Å². The van der Waals surface area contributed by atoms with Crippen LogP contribution in [0.3, 0.4) is 0 Å². The maximum atomic E-state index is 12.4. The molecular formula is C25H24N4O4S. The molecule has 2 aromatic carbocycles. The first-order valence-electron chi connectivity index (χ1n) is 10.6. The minimum atomic E-state index is -0.184. The van der Waals surface area contributed by atoms with Crippen LogP contribution in [-0.2, 0) is 17.9 Å². The van der Waals surface area contributed by atoms with Gasteiger partial charge in [-0.15, -0.1) is 0 Å². The molecule has 174 valence electrons. The van der Waals surface area contributed by atoms with E-state index < -0.39 is 0 Å². The summed E-state index contributed by atoms with van der Waals surface area (Å²) < 4.78 is 12.2. The van der Waals surface area contributed by atoms with Gasteiger partial charge in [0.25, 0.3) is 5.91 Å². The van der Waals surface area contributed by atoms with Crippen LogP contribution in [0.5, 0.6) is 5.75 Å². The van der Waals surface area contributed by atoms with Crippen molar-refractivity contribution >= 4 is 23.6 Å². The molecule has 2 heterocycles. The van der Waals surface area contributed by atoms with Crippen molar-refractivity contribution in [2.45, 2.75) is 18.2 Å². The molecule has 8 nitrogen and oxygen atoms in total. The second-order valence-corrected chi connectivity index (χ2v) is 8.24. The van der Waals surface area contributed by atoms with Gasteiger partial charge in [-0.25, -0.2) is 4.98 Å². The molecule has 2 N–H and O–H groups in total. The Hall–Kier alpha value is -3.98. The summed E-state index contributed by atoms with van der Waals surface area (Å²) in [5.41, 5.74) is 2.39. The van der Waals surface area contributed by atoms with Gasteiger partial charge in [-0.05, 0) is 54.1 Å². The van der Waals surface area contributed by atoms with Gasteiger partial charge in [-0.2, -0.15) is 0 Å². The van der Waals surface area contributed by atoms with Gasteiger partial charge in [0.1, 0.15) is 11.5 Å². The Balaban J connectivity index is 1.29. The number of nitrogens with zero attached hydrogens (tertiary/aromatic N) is 2. The number of nitrogens with one attached hydrogen (secondary N) is 2. The highest BCUT2D eigenvalue weighted by Gasteiger charge is 2.11. The standard InChI is InChI=1S/C25H24N4O4S/c1-32-21-10-4-18(5-11-21)15-27-23(30)17-34-25-26-12-13-29(25)20-8-6-19(7-9-20)24(31)28-16-22-3-2-14-33-22/h2-14H,15-17H2,1H3,(H,27,30)(H,28,31). The lowest BCUT2D eigenvalue weighted by Crippen LogP contribution is -2.24. The van der Waals surface area contributed by atoms with Gasteiger partial charge < -0.3 is 19.8 Å². The van der Waals surface area contributed by atoms with E-state index in [0.29, 0.717) is 29.6 Å². The van der Waals surface area contributed by atoms with Crippen molar-refractivity contribution in [3.63, 3.8) is 0 Å². The third kappa shape index (κ3) is 6.08. The van der Waals surface area contributed by atoms with Crippen LogP contribution in [0.25, 0.3) is 5.69 Å². The van der Waals surface area contributed by atoms with Gasteiger partial charge in [-0.1, -0.05) is 23.9 Å². The third-order valence-electron chi connectivity index (χ3n) is 5.00. The van der Waals surface area contributed by atoms with E-state index in [1.807, 2.05) is 47.2 Å². The highest BCUT2D eigenvalue weighted by Crippen LogP contribution is 2.21. The van der Waals surface area contributed by atoms with E-state index in [1.54, 1.807) is 43.8 Å². The lowest BCUT2D eigenvalue weighted by Gasteiger charge is -2.09. The molecule has 0 spiro atoms. The number of carbonyl (C=O) groups is 2. The maximum absolute atomic E-state index is 12.4. The molecule has 0 aliphatic carbocycles. The molecule has 4 rings (SSSR count). The van der Waals surface area contributed by atoms with Gasteiger partial charge in [0.05, 0.1) is 25.7 Å². The van der Waals surface area contributed by atoms with E-state index in [4.69, 9.17) is 9.15 Å². The zero-order valence-corrected chi connectivity index (χ0v) is 19.4. The van der Waals surface area contributed by atoms with Gasteiger partial charge in [-0.3, -0.25) is 14.2 Å². The number of benzene rings is 2. The molecule has 0 aliphatic rings. The van der Waals surface area contributed by atoms with E-state index in [9.17, 15) is 9.59 Å². The third-order valence-corrected chi connectivity index (χ3v) is 5.97. The van der Waals surface area contributed by atoms with Crippen LogP contribution in [0.4, 0.5) is 0 Å². The molecule has 0 saturated heterocycles. The lowest BCUT2D eigenvalue weighted by molar-refractivity contribution is -0.118. The number of furan rings is 1. The first-order chi connectivity index (χ1) is 16.6. The Morgan fingerprint density at radius 1 is 1.03 bits per heavy atom. The molecule has 0 aliphatic heterocycles. The number of hydrogen-bond acceptors (Lipinski definition) is 6. The summed E-state index contributed by atoms with van der Waals surface area (Å²) in [5, 5.41) is 6.42. The van der Waals surface area contributed by atoms with E-state index in [2.05, 4.69) is 15.6 Å². The summed E-state index contributed by atoms with van der Waals surface area (Å²) in [7, 11) is 1.62. The number of thioether (sulfide) groups is 1. The van der Waals surface area contributed by atoms with Crippen LogP contribution in [0.2, 0.25) is 0 Å². The fraction of sp³-hybridized carbons (Fsp3) is 0.160. The molecule has 2 aromatic heterocycles. The SMILES string of the molecule is COc1ccc(CNC(=O)CSc2nccn2-c2ccc(C(=O)NCc3ccco3)cc2)cc1. The highest BCUT2D eigenvalue weighted by atomic mass is 32.2. The molecule has 0 bridgehead atoms. The summed E-state index contributed by atoms with van der Waals surface area (Å²) in [5.74, 6) is 1.44. The molecule has 9 heteroatoms. The second-order valence-electron chi connectivity index (χ2n) is 7.30. The fourth-order valence-corrected chi connectivity index (χ4v) is 3.98. The molecule has 2 amide bonds. The van der Waals surface area contributed by atoms with Crippen molar-refractivity contribution in [3.05, 3.63) is 96.2 Å². The number of hydrogen-bond donors (Lipinski definition) is 2. The van der Waals surface area contributed by atoms with Gasteiger partial charge >= 0.3 is 0 Å². The van der Waals surface area contributed by atoms with E-state index >= 15 is 0 Å². The average molecular weight is 477 g/mol. The summed E-state index contributed by atoms with van der Waals surface area (Å²) in [4.78, 5) is 29.0. The average Bonchev–Trinajstić information content (AvgIpc) is 3.57. The molecule has 0 unspecified atom stereocenters. The van der Waals surface area contributed by atoms with Crippen molar-refractivity contribution < 1.29 is 18.7 Å².